The van der Waals surface area contributed by atoms with Gasteiger partial charge in [0.25, 0.3) is 0 Å². The summed E-state index contributed by atoms with van der Waals surface area (Å²) in [6.07, 6.45) is -0.988. The van der Waals surface area contributed by atoms with E-state index in [1.54, 1.807) is 0 Å². The first-order chi connectivity index (χ1) is 6.95. The first-order valence-electron chi connectivity index (χ1n) is 4.25. The molecule has 0 aliphatic heterocycles. The zero-order chi connectivity index (χ0) is 11.8. The van der Waals surface area contributed by atoms with Gasteiger partial charge in [-0.1, -0.05) is 15.9 Å². The van der Waals surface area contributed by atoms with E-state index in [0.717, 1.165) is 0 Å². The second-order valence-electron chi connectivity index (χ2n) is 2.96. The zero-order valence-corrected chi connectivity index (χ0v) is 10.3. The summed E-state index contributed by atoms with van der Waals surface area (Å²) in [5, 5.41) is 26.2. The third kappa shape index (κ3) is 8.71. The summed E-state index contributed by atoms with van der Waals surface area (Å²) in [5.41, 5.74) is 0. The number of halogens is 1. The van der Waals surface area contributed by atoms with Crippen LogP contribution in [0.4, 0.5) is 0 Å². The molecule has 0 bridgehead atoms. The Morgan fingerprint density at radius 2 is 1.67 bits per heavy atom. The fourth-order valence-electron chi connectivity index (χ4n) is 0.871. The van der Waals surface area contributed by atoms with E-state index in [0.29, 0.717) is 11.1 Å². The summed E-state index contributed by atoms with van der Waals surface area (Å²) in [6.45, 7) is 0. The second-order valence-corrected chi connectivity index (χ2v) is 4.94. The van der Waals surface area contributed by atoms with Crippen molar-refractivity contribution < 1.29 is 24.9 Å². The van der Waals surface area contributed by atoms with Crippen LogP contribution in [0.15, 0.2) is 0 Å². The molecule has 0 radical (unpaired) electrons. The van der Waals surface area contributed by atoms with Gasteiger partial charge in [-0.3, -0.25) is 9.59 Å². The fourth-order valence-corrected chi connectivity index (χ4v) is 2.54. The Hall–Kier alpha value is -0.270. The van der Waals surface area contributed by atoms with Crippen LogP contribution in [0.3, 0.4) is 0 Å². The Morgan fingerprint density at radius 1 is 1.20 bits per heavy atom. The summed E-state index contributed by atoms with van der Waals surface area (Å²) >= 11 is 4.24. The lowest BCUT2D eigenvalue weighted by atomic mass is 10.2. The summed E-state index contributed by atoms with van der Waals surface area (Å²) in [4.78, 5) is 20.9. The Kier molecular flexibility index (Phi) is 7.81. The number of hydrogen-bond acceptors (Lipinski definition) is 4. The normalized spacial score (nSPS) is 12.7. The summed E-state index contributed by atoms with van der Waals surface area (Å²) < 4.78 is 0. The lowest BCUT2D eigenvalue weighted by Gasteiger charge is -2.13. The van der Waals surface area contributed by atoms with Crippen LogP contribution in [0.5, 0.6) is 0 Å². The molecular formula is C8H13BrO5S. The van der Waals surface area contributed by atoms with Crippen molar-refractivity contribution >= 4 is 39.6 Å². The molecule has 0 rings (SSSR count). The molecule has 5 nitrogen and oxygen atoms in total. The van der Waals surface area contributed by atoms with E-state index in [9.17, 15) is 14.7 Å². The zero-order valence-electron chi connectivity index (χ0n) is 7.93. The van der Waals surface area contributed by atoms with E-state index in [1.165, 1.54) is 11.8 Å². The maximum Gasteiger partial charge on any atom is 0.304 e. The molecule has 7 heteroatoms. The van der Waals surface area contributed by atoms with E-state index in [4.69, 9.17) is 10.2 Å². The molecule has 0 amide bonds. The van der Waals surface area contributed by atoms with E-state index < -0.39 is 23.3 Å². The van der Waals surface area contributed by atoms with Gasteiger partial charge in [-0.05, 0) is 0 Å². The SMILES string of the molecule is O=C(O)CC(CC(=O)O)SCC(O)CBr. The number of rotatable bonds is 8. The van der Waals surface area contributed by atoms with Crippen molar-refractivity contribution in [3.05, 3.63) is 0 Å². The Labute approximate surface area is 100.0 Å². The molecule has 1 atom stereocenters. The number of carbonyl (C=O) groups is 2. The fraction of sp³-hybridized carbons (Fsp3) is 0.750. The molecule has 0 aliphatic rings. The quantitative estimate of drug-likeness (QED) is 0.574. The Balaban J connectivity index is 4.00. The van der Waals surface area contributed by atoms with Gasteiger partial charge in [0, 0.05) is 16.3 Å². The molecule has 0 spiro atoms. The van der Waals surface area contributed by atoms with E-state index in [2.05, 4.69) is 15.9 Å². The average molecular weight is 301 g/mol. The van der Waals surface area contributed by atoms with Crippen LogP contribution in [0, 0.1) is 0 Å². The Morgan fingerprint density at radius 3 is 2.00 bits per heavy atom. The largest absolute Gasteiger partial charge is 0.481 e. The topological polar surface area (TPSA) is 94.8 Å². The van der Waals surface area contributed by atoms with Crippen LogP contribution in [0.25, 0.3) is 0 Å². The highest BCUT2D eigenvalue weighted by atomic mass is 79.9. The second kappa shape index (κ2) is 7.95. The summed E-state index contributed by atoms with van der Waals surface area (Å²) in [7, 11) is 0. The highest BCUT2D eigenvalue weighted by Gasteiger charge is 2.18. The highest BCUT2D eigenvalue weighted by molar-refractivity contribution is 9.09. The summed E-state index contributed by atoms with van der Waals surface area (Å²) in [5.74, 6) is -1.72. The molecule has 0 aromatic carbocycles. The number of alkyl halides is 1. The van der Waals surface area contributed by atoms with Gasteiger partial charge in [0.2, 0.25) is 0 Å². The first-order valence-corrected chi connectivity index (χ1v) is 6.42. The molecule has 3 N–H and O–H groups in total. The van der Waals surface area contributed by atoms with Crippen molar-refractivity contribution in [1.29, 1.82) is 0 Å². The molecule has 88 valence electrons. The van der Waals surface area contributed by atoms with Crippen molar-refractivity contribution in [2.24, 2.45) is 0 Å². The first kappa shape index (κ1) is 14.7. The molecule has 15 heavy (non-hydrogen) atoms. The molecule has 0 aliphatic carbocycles. The van der Waals surface area contributed by atoms with Crippen LogP contribution in [0.2, 0.25) is 0 Å². The molecule has 0 fully saturated rings. The van der Waals surface area contributed by atoms with Crippen molar-refractivity contribution in [2.75, 3.05) is 11.1 Å². The number of thioether (sulfide) groups is 1. The van der Waals surface area contributed by atoms with Gasteiger partial charge in [-0.25, -0.2) is 0 Å². The molecule has 0 saturated carbocycles. The molecule has 1 unspecified atom stereocenters. The lowest BCUT2D eigenvalue weighted by molar-refractivity contribution is -0.138. The van der Waals surface area contributed by atoms with Crippen molar-refractivity contribution in [2.45, 2.75) is 24.2 Å². The van der Waals surface area contributed by atoms with Crippen LogP contribution in [-0.4, -0.2) is 49.7 Å². The smallest absolute Gasteiger partial charge is 0.304 e. The maximum absolute atomic E-state index is 10.4. The van der Waals surface area contributed by atoms with Gasteiger partial charge < -0.3 is 15.3 Å². The average Bonchev–Trinajstić information content (AvgIpc) is 2.11. The third-order valence-corrected chi connectivity index (χ3v) is 3.64. The molecule has 0 heterocycles. The van der Waals surface area contributed by atoms with Gasteiger partial charge in [0.15, 0.2) is 0 Å². The number of aliphatic carboxylic acids is 2. The van der Waals surface area contributed by atoms with E-state index in [-0.39, 0.29) is 12.8 Å². The monoisotopic (exact) mass is 300 g/mol. The molecule has 0 aromatic heterocycles. The molecule has 0 aromatic rings. The minimum absolute atomic E-state index is 0.202. The van der Waals surface area contributed by atoms with E-state index >= 15 is 0 Å². The van der Waals surface area contributed by atoms with Crippen LogP contribution >= 0.6 is 27.7 Å². The van der Waals surface area contributed by atoms with Crippen LogP contribution < -0.4 is 0 Å². The van der Waals surface area contributed by atoms with Crippen LogP contribution in [0.1, 0.15) is 12.8 Å². The number of aliphatic hydroxyl groups excluding tert-OH is 1. The number of carboxylic acid groups (broad SMARTS) is 2. The van der Waals surface area contributed by atoms with Gasteiger partial charge in [0.1, 0.15) is 0 Å². The molecule has 0 saturated heterocycles. The third-order valence-electron chi connectivity index (χ3n) is 1.51. The predicted octanol–water partition coefficient (Wildman–Crippen LogP) is 0.793. The number of carboxylic acids is 2. The van der Waals surface area contributed by atoms with Gasteiger partial charge in [-0.2, -0.15) is 11.8 Å². The van der Waals surface area contributed by atoms with Gasteiger partial charge >= 0.3 is 11.9 Å². The van der Waals surface area contributed by atoms with Crippen molar-refractivity contribution in [1.82, 2.24) is 0 Å². The van der Waals surface area contributed by atoms with Crippen LogP contribution in [-0.2, 0) is 9.59 Å². The highest BCUT2D eigenvalue weighted by Crippen LogP contribution is 2.20. The number of aliphatic hydroxyl groups is 1. The van der Waals surface area contributed by atoms with Crippen molar-refractivity contribution in [3.63, 3.8) is 0 Å². The minimum atomic E-state index is -1.03. The van der Waals surface area contributed by atoms with E-state index in [1.807, 2.05) is 0 Å². The van der Waals surface area contributed by atoms with Crippen molar-refractivity contribution in [3.8, 4) is 0 Å². The maximum atomic E-state index is 10.4. The summed E-state index contributed by atoms with van der Waals surface area (Å²) in [6, 6.07) is 0. The van der Waals surface area contributed by atoms with Gasteiger partial charge in [-0.15, -0.1) is 0 Å². The number of hydrogen-bond donors (Lipinski definition) is 3. The molecular weight excluding hydrogens is 288 g/mol. The lowest BCUT2D eigenvalue weighted by Crippen LogP contribution is -2.19. The Bertz CT molecular complexity index is 207. The predicted molar refractivity (Wildman–Crippen MR) is 60.6 cm³/mol. The minimum Gasteiger partial charge on any atom is -0.481 e. The standard InChI is InChI=1S/C8H13BrO5S/c9-3-5(10)4-15-6(1-7(11)12)2-8(13)14/h5-6,10H,1-4H2,(H,11,12)(H,13,14). The van der Waals surface area contributed by atoms with Gasteiger partial charge in [0.05, 0.1) is 18.9 Å².